The summed E-state index contributed by atoms with van der Waals surface area (Å²) in [6, 6.07) is -0.788. The molecule has 2 fully saturated rings. The van der Waals surface area contributed by atoms with E-state index in [1.807, 2.05) is 0 Å². The molecule has 0 radical (unpaired) electrons. The number of likely N-dealkylation sites (tertiary alicyclic amines) is 1. The Labute approximate surface area is 111 Å². The van der Waals surface area contributed by atoms with Gasteiger partial charge in [-0.3, -0.25) is 9.59 Å². The van der Waals surface area contributed by atoms with Crippen LogP contribution in [0.3, 0.4) is 0 Å². The Morgan fingerprint density at radius 1 is 1.37 bits per heavy atom. The lowest BCUT2D eigenvalue weighted by atomic mass is 10.1. The third-order valence-electron chi connectivity index (χ3n) is 3.95. The number of amides is 3. The van der Waals surface area contributed by atoms with Crippen LogP contribution in [0.5, 0.6) is 0 Å². The minimum atomic E-state index is -0.864. The van der Waals surface area contributed by atoms with Gasteiger partial charge in [0.05, 0.1) is 5.41 Å². The highest BCUT2D eigenvalue weighted by Gasteiger charge is 2.50. The SMILES string of the molecule is CNC(=O)C1CCCN1C(=O)NCC1(C(=O)O)CC1. The molecular weight excluding hydrogens is 250 g/mol. The van der Waals surface area contributed by atoms with E-state index in [1.165, 1.54) is 4.90 Å². The minimum Gasteiger partial charge on any atom is -0.481 e. The van der Waals surface area contributed by atoms with Crippen molar-refractivity contribution < 1.29 is 19.5 Å². The molecule has 0 bridgehead atoms. The van der Waals surface area contributed by atoms with Gasteiger partial charge < -0.3 is 20.6 Å². The first-order valence-electron chi connectivity index (χ1n) is 6.50. The summed E-state index contributed by atoms with van der Waals surface area (Å²) in [4.78, 5) is 36.1. The molecule has 1 unspecified atom stereocenters. The Kier molecular flexibility index (Phi) is 3.64. The van der Waals surface area contributed by atoms with Crippen LogP contribution in [0.2, 0.25) is 0 Å². The number of carboxylic acid groups (broad SMARTS) is 1. The molecule has 0 aromatic carbocycles. The molecule has 3 amide bonds. The number of nitrogens with zero attached hydrogens (tertiary/aromatic N) is 1. The molecule has 1 aliphatic heterocycles. The van der Waals surface area contributed by atoms with Gasteiger partial charge in [-0.2, -0.15) is 0 Å². The van der Waals surface area contributed by atoms with Gasteiger partial charge in [-0.25, -0.2) is 4.79 Å². The maximum atomic E-state index is 12.0. The zero-order chi connectivity index (χ0) is 14.0. The number of nitrogens with one attached hydrogen (secondary N) is 2. The lowest BCUT2D eigenvalue weighted by molar-refractivity contribution is -0.143. The summed E-state index contributed by atoms with van der Waals surface area (Å²) in [5.74, 6) is -1.04. The number of carbonyl (C=O) groups excluding carboxylic acids is 2. The molecule has 0 spiro atoms. The monoisotopic (exact) mass is 269 g/mol. The average molecular weight is 269 g/mol. The predicted octanol–water partition coefficient (Wildman–Crippen LogP) is -0.229. The van der Waals surface area contributed by atoms with Gasteiger partial charge in [0.15, 0.2) is 0 Å². The molecule has 2 rings (SSSR count). The second-order valence-electron chi connectivity index (χ2n) is 5.21. The third-order valence-corrected chi connectivity index (χ3v) is 3.95. The fourth-order valence-electron chi connectivity index (χ4n) is 2.41. The van der Waals surface area contributed by atoms with Gasteiger partial charge in [0.2, 0.25) is 5.91 Å². The number of carboxylic acids is 1. The van der Waals surface area contributed by atoms with Crippen molar-refractivity contribution in [1.29, 1.82) is 0 Å². The molecule has 2 aliphatic rings. The van der Waals surface area contributed by atoms with Gasteiger partial charge in [-0.15, -0.1) is 0 Å². The van der Waals surface area contributed by atoms with Gasteiger partial charge in [0.1, 0.15) is 6.04 Å². The second-order valence-corrected chi connectivity index (χ2v) is 5.21. The van der Waals surface area contributed by atoms with Crippen molar-refractivity contribution in [3.8, 4) is 0 Å². The molecule has 0 aromatic heterocycles. The largest absolute Gasteiger partial charge is 0.481 e. The minimum absolute atomic E-state index is 0.137. The van der Waals surface area contributed by atoms with Crippen LogP contribution in [-0.2, 0) is 9.59 Å². The third kappa shape index (κ3) is 2.64. The van der Waals surface area contributed by atoms with Gasteiger partial charge in [-0.05, 0) is 25.7 Å². The molecule has 19 heavy (non-hydrogen) atoms. The van der Waals surface area contributed by atoms with E-state index in [-0.39, 0.29) is 18.5 Å². The number of hydrogen-bond donors (Lipinski definition) is 3. The summed E-state index contributed by atoms with van der Waals surface area (Å²) in [7, 11) is 1.54. The van der Waals surface area contributed by atoms with E-state index in [2.05, 4.69) is 10.6 Å². The zero-order valence-corrected chi connectivity index (χ0v) is 10.9. The fraction of sp³-hybridized carbons (Fsp3) is 0.750. The molecule has 1 aliphatic carbocycles. The first-order valence-corrected chi connectivity index (χ1v) is 6.50. The maximum absolute atomic E-state index is 12.0. The van der Waals surface area contributed by atoms with Gasteiger partial charge in [-0.1, -0.05) is 0 Å². The topological polar surface area (TPSA) is 98.7 Å². The van der Waals surface area contributed by atoms with Crippen LogP contribution in [0, 0.1) is 5.41 Å². The number of rotatable bonds is 4. The number of aliphatic carboxylic acids is 1. The summed E-state index contributed by atoms with van der Waals surface area (Å²) < 4.78 is 0. The predicted molar refractivity (Wildman–Crippen MR) is 66.5 cm³/mol. The van der Waals surface area contributed by atoms with Crippen molar-refractivity contribution >= 4 is 17.9 Å². The molecule has 7 heteroatoms. The quantitative estimate of drug-likeness (QED) is 0.656. The molecular formula is C12H19N3O4. The van der Waals surface area contributed by atoms with Crippen molar-refractivity contribution in [2.45, 2.75) is 31.7 Å². The Hall–Kier alpha value is -1.79. The van der Waals surface area contributed by atoms with Crippen molar-refractivity contribution in [3.05, 3.63) is 0 Å². The first kappa shape index (κ1) is 13.6. The number of hydrogen-bond acceptors (Lipinski definition) is 3. The summed E-state index contributed by atoms with van der Waals surface area (Å²) in [5.41, 5.74) is -0.780. The van der Waals surface area contributed by atoms with Crippen molar-refractivity contribution in [1.82, 2.24) is 15.5 Å². The lowest BCUT2D eigenvalue weighted by Gasteiger charge is -2.24. The van der Waals surface area contributed by atoms with Crippen molar-refractivity contribution in [2.75, 3.05) is 20.1 Å². The fourth-order valence-corrected chi connectivity index (χ4v) is 2.41. The lowest BCUT2D eigenvalue weighted by Crippen LogP contribution is -2.50. The summed E-state index contributed by atoms with van der Waals surface area (Å²) in [5, 5.41) is 14.2. The molecule has 106 valence electrons. The molecule has 1 saturated heterocycles. The van der Waals surface area contributed by atoms with E-state index in [4.69, 9.17) is 5.11 Å². The molecule has 1 saturated carbocycles. The highest BCUT2D eigenvalue weighted by Crippen LogP contribution is 2.45. The summed E-state index contributed by atoms with van der Waals surface area (Å²) in [6.07, 6.45) is 2.63. The Morgan fingerprint density at radius 2 is 2.05 bits per heavy atom. The highest BCUT2D eigenvalue weighted by molar-refractivity contribution is 5.88. The number of carbonyl (C=O) groups is 3. The van der Waals surface area contributed by atoms with Gasteiger partial charge in [0, 0.05) is 20.1 Å². The van der Waals surface area contributed by atoms with Crippen molar-refractivity contribution in [3.63, 3.8) is 0 Å². The molecule has 1 heterocycles. The molecule has 3 N–H and O–H groups in total. The molecule has 0 aromatic rings. The van der Waals surface area contributed by atoms with E-state index < -0.39 is 17.4 Å². The van der Waals surface area contributed by atoms with Gasteiger partial charge >= 0.3 is 12.0 Å². The van der Waals surface area contributed by atoms with Crippen molar-refractivity contribution in [2.24, 2.45) is 5.41 Å². The Balaban J connectivity index is 1.89. The van der Waals surface area contributed by atoms with E-state index in [0.29, 0.717) is 25.8 Å². The molecule has 1 atom stereocenters. The van der Waals surface area contributed by atoms with Crippen LogP contribution in [-0.4, -0.2) is 54.1 Å². The van der Waals surface area contributed by atoms with Crippen LogP contribution >= 0.6 is 0 Å². The van der Waals surface area contributed by atoms with Crippen LogP contribution in [0.15, 0.2) is 0 Å². The second kappa shape index (κ2) is 5.07. The van der Waals surface area contributed by atoms with E-state index in [1.54, 1.807) is 7.05 Å². The van der Waals surface area contributed by atoms with E-state index in [0.717, 1.165) is 6.42 Å². The normalized spacial score (nSPS) is 23.8. The Bertz CT molecular complexity index is 406. The maximum Gasteiger partial charge on any atom is 0.318 e. The number of urea groups is 1. The van der Waals surface area contributed by atoms with Crippen LogP contribution in [0.4, 0.5) is 4.79 Å². The summed E-state index contributed by atoms with van der Waals surface area (Å²) >= 11 is 0. The van der Waals surface area contributed by atoms with Crippen LogP contribution in [0.25, 0.3) is 0 Å². The van der Waals surface area contributed by atoms with Crippen LogP contribution < -0.4 is 10.6 Å². The smallest absolute Gasteiger partial charge is 0.318 e. The zero-order valence-electron chi connectivity index (χ0n) is 10.9. The van der Waals surface area contributed by atoms with Crippen LogP contribution in [0.1, 0.15) is 25.7 Å². The van der Waals surface area contributed by atoms with Gasteiger partial charge in [0.25, 0.3) is 0 Å². The highest BCUT2D eigenvalue weighted by atomic mass is 16.4. The van der Waals surface area contributed by atoms with E-state index >= 15 is 0 Å². The first-order chi connectivity index (χ1) is 9.00. The van der Waals surface area contributed by atoms with E-state index in [9.17, 15) is 14.4 Å². The number of likely N-dealkylation sites (N-methyl/N-ethyl adjacent to an activating group) is 1. The molecule has 7 nitrogen and oxygen atoms in total. The Morgan fingerprint density at radius 3 is 2.58 bits per heavy atom. The average Bonchev–Trinajstić information content (AvgIpc) is 3.04. The standard InChI is InChI=1S/C12H19N3O4/c1-13-9(16)8-3-2-6-15(8)11(19)14-7-12(4-5-12)10(17)18/h8H,2-7H2,1H3,(H,13,16)(H,14,19)(H,17,18). The summed E-state index contributed by atoms with van der Waals surface area (Å²) in [6.45, 7) is 0.669.